The van der Waals surface area contributed by atoms with Gasteiger partial charge in [0.15, 0.2) is 0 Å². The van der Waals surface area contributed by atoms with E-state index in [1.165, 1.54) is 5.56 Å². The zero-order chi connectivity index (χ0) is 10.7. The number of rotatable bonds is 3. The van der Waals surface area contributed by atoms with Crippen LogP contribution in [0.15, 0.2) is 28.9 Å². The number of aryl methyl sites for hydroxylation is 2. The van der Waals surface area contributed by atoms with Gasteiger partial charge < -0.3 is 9.84 Å². The first-order chi connectivity index (χ1) is 7.24. The predicted molar refractivity (Wildman–Crippen MR) is 57.5 cm³/mol. The molecule has 2 aromatic heterocycles. The molecule has 4 heteroatoms. The van der Waals surface area contributed by atoms with E-state index < -0.39 is 0 Å². The normalized spacial score (nSPS) is 10.3. The molecule has 2 rings (SSSR count). The summed E-state index contributed by atoms with van der Waals surface area (Å²) >= 11 is 0. The predicted octanol–water partition coefficient (Wildman–Crippen LogP) is 2.30. The molecule has 0 aromatic carbocycles. The minimum absolute atomic E-state index is 0.633. The largest absolute Gasteiger partial charge is 0.364 e. The van der Waals surface area contributed by atoms with E-state index >= 15 is 0 Å². The van der Waals surface area contributed by atoms with Gasteiger partial charge >= 0.3 is 0 Å². The first kappa shape index (κ1) is 9.71. The van der Waals surface area contributed by atoms with Crippen LogP contribution in [0.3, 0.4) is 0 Å². The molecule has 4 nitrogen and oxygen atoms in total. The third-order valence-electron chi connectivity index (χ3n) is 2.04. The molecule has 2 aromatic rings. The molecule has 78 valence electrons. The number of hydrogen-bond acceptors (Lipinski definition) is 4. The number of nitrogens with zero attached hydrogens (tertiary/aromatic N) is 2. The Hall–Kier alpha value is -1.84. The van der Waals surface area contributed by atoms with Gasteiger partial charge in [-0.25, -0.2) is 4.98 Å². The Bertz CT molecular complexity index is 451. The quantitative estimate of drug-likeness (QED) is 0.831. The second kappa shape index (κ2) is 4.13. The van der Waals surface area contributed by atoms with Crippen molar-refractivity contribution in [1.82, 2.24) is 10.1 Å². The average Bonchev–Trinajstić information content (AvgIpc) is 2.62. The van der Waals surface area contributed by atoms with Gasteiger partial charge in [0.05, 0.1) is 6.54 Å². The molecule has 0 spiro atoms. The van der Waals surface area contributed by atoms with Crippen molar-refractivity contribution < 1.29 is 4.52 Å². The average molecular weight is 203 g/mol. The highest BCUT2D eigenvalue weighted by Crippen LogP contribution is 2.08. The molecule has 0 atom stereocenters. The van der Waals surface area contributed by atoms with Crippen LogP contribution in [0.25, 0.3) is 0 Å². The minimum Gasteiger partial charge on any atom is -0.364 e. The van der Waals surface area contributed by atoms with Crippen molar-refractivity contribution in [2.75, 3.05) is 5.32 Å². The van der Waals surface area contributed by atoms with Crippen molar-refractivity contribution in [3.63, 3.8) is 0 Å². The highest BCUT2D eigenvalue weighted by atomic mass is 16.5. The fourth-order valence-electron chi connectivity index (χ4n) is 1.32. The molecular formula is C11H13N3O. The molecule has 0 bridgehead atoms. The number of pyridine rings is 1. The lowest BCUT2D eigenvalue weighted by atomic mass is 10.3. The highest BCUT2D eigenvalue weighted by molar-refractivity contribution is 5.37. The molecule has 2 heterocycles. The van der Waals surface area contributed by atoms with Gasteiger partial charge in [0.25, 0.3) is 0 Å². The molecule has 0 saturated heterocycles. The Balaban J connectivity index is 1.99. The van der Waals surface area contributed by atoms with Gasteiger partial charge in [-0.2, -0.15) is 0 Å². The molecule has 0 aliphatic heterocycles. The third-order valence-corrected chi connectivity index (χ3v) is 2.04. The number of hydrogen-bond donors (Lipinski definition) is 1. The van der Waals surface area contributed by atoms with Gasteiger partial charge in [0.1, 0.15) is 17.3 Å². The van der Waals surface area contributed by atoms with E-state index in [4.69, 9.17) is 4.52 Å². The van der Waals surface area contributed by atoms with Gasteiger partial charge in [-0.05, 0) is 31.5 Å². The lowest BCUT2D eigenvalue weighted by molar-refractivity contribution is 0.391. The first-order valence-electron chi connectivity index (χ1n) is 4.83. The Morgan fingerprint density at radius 2 is 2.20 bits per heavy atom. The minimum atomic E-state index is 0.633. The molecule has 0 aliphatic carbocycles. The summed E-state index contributed by atoms with van der Waals surface area (Å²) in [5.41, 5.74) is 2.07. The topological polar surface area (TPSA) is 51.0 Å². The van der Waals surface area contributed by atoms with E-state index in [0.717, 1.165) is 17.3 Å². The van der Waals surface area contributed by atoms with Gasteiger partial charge in [0.2, 0.25) is 0 Å². The van der Waals surface area contributed by atoms with E-state index in [-0.39, 0.29) is 0 Å². The second-order valence-electron chi connectivity index (χ2n) is 3.50. The zero-order valence-electron chi connectivity index (χ0n) is 8.82. The molecule has 15 heavy (non-hydrogen) atoms. The van der Waals surface area contributed by atoms with E-state index in [2.05, 4.69) is 15.5 Å². The Kier molecular flexibility index (Phi) is 2.67. The van der Waals surface area contributed by atoms with Crippen LogP contribution in [-0.2, 0) is 6.54 Å². The van der Waals surface area contributed by atoms with Crippen molar-refractivity contribution in [3.05, 3.63) is 41.4 Å². The molecule has 0 radical (unpaired) electrons. The van der Waals surface area contributed by atoms with Crippen molar-refractivity contribution in [1.29, 1.82) is 0 Å². The van der Waals surface area contributed by atoms with Crippen LogP contribution in [-0.4, -0.2) is 10.1 Å². The number of nitrogens with one attached hydrogen (secondary N) is 1. The van der Waals surface area contributed by atoms with Gasteiger partial charge in [-0.15, -0.1) is 0 Å². The second-order valence-corrected chi connectivity index (χ2v) is 3.50. The van der Waals surface area contributed by atoms with Gasteiger partial charge in [-0.3, -0.25) is 0 Å². The van der Waals surface area contributed by atoms with Crippen LogP contribution in [0.2, 0.25) is 0 Å². The summed E-state index contributed by atoms with van der Waals surface area (Å²) in [6, 6.07) is 5.86. The lowest BCUT2D eigenvalue weighted by Gasteiger charge is -2.02. The molecule has 0 unspecified atom stereocenters. The van der Waals surface area contributed by atoms with Crippen molar-refractivity contribution in [2.24, 2.45) is 0 Å². The number of anilines is 1. The summed E-state index contributed by atoms with van der Waals surface area (Å²) in [5.74, 6) is 1.68. The van der Waals surface area contributed by atoms with Crippen LogP contribution in [0.5, 0.6) is 0 Å². The summed E-state index contributed by atoms with van der Waals surface area (Å²) in [7, 11) is 0. The van der Waals surface area contributed by atoms with E-state index in [1.54, 1.807) is 6.20 Å². The highest BCUT2D eigenvalue weighted by Gasteiger charge is 2.00. The summed E-state index contributed by atoms with van der Waals surface area (Å²) in [5, 5.41) is 7.07. The van der Waals surface area contributed by atoms with Crippen molar-refractivity contribution in [3.8, 4) is 0 Å². The standard InChI is InChI=1S/C11H13N3O/c1-8-3-4-12-11(5-8)13-7-10-6-9(2)15-14-10/h3-6H,7H2,1-2H3,(H,12,13). The molecule has 0 saturated carbocycles. The molecule has 1 N–H and O–H groups in total. The summed E-state index contributed by atoms with van der Waals surface area (Å²) < 4.78 is 4.97. The summed E-state index contributed by atoms with van der Waals surface area (Å²) in [6.45, 7) is 4.54. The van der Waals surface area contributed by atoms with Gasteiger partial charge in [-0.1, -0.05) is 5.16 Å². The fraction of sp³-hybridized carbons (Fsp3) is 0.273. The SMILES string of the molecule is Cc1ccnc(NCc2cc(C)on2)c1. The van der Waals surface area contributed by atoms with Gasteiger partial charge in [0, 0.05) is 12.3 Å². The Morgan fingerprint density at radius 1 is 1.33 bits per heavy atom. The Labute approximate surface area is 88.3 Å². The zero-order valence-corrected chi connectivity index (χ0v) is 8.82. The van der Waals surface area contributed by atoms with Crippen LogP contribution in [0, 0.1) is 13.8 Å². The van der Waals surface area contributed by atoms with Crippen LogP contribution in [0.4, 0.5) is 5.82 Å². The van der Waals surface area contributed by atoms with Crippen LogP contribution in [0.1, 0.15) is 17.0 Å². The van der Waals surface area contributed by atoms with Crippen LogP contribution >= 0.6 is 0 Å². The monoisotopic (exact) mass is 203 g/mol. The first-order valence-corrected chi connectivity index (χ1v) is 4.83. The molecular weight excluding hydrogens is 190 g/mol. The lowest BCUT2D eigenvalue weighted by Crippen LogP contribution is -2.01. The molecule has 0 amide bonds. The molecule has 0 aliphatic rings. The van der Waals surface area contributed by atoms with E-state index in [9.17, 15) is 0 Å². The Morgan fingerprint density at radius 3 is 2.87 bits per heavy atom. The van der Waals surface area contributed by atoms with E-state index in [1.807, 2.05) is 32.0 Å². The fourth-order valence-corrected chi connectivity index (χ4v) is 1.32. The number of aromatic nitrogens is 2. The summed E-state index contributed by atoms with van der Waals surface area (Å²) in [4.78, 5) is 4.19. The van der Waals surface area contributed by atoms with Crippen molar-refractivity contribution >= 4 is 5.82 Å². The van der Waals surface area contributed by atoms with E-state index in [0.29, 0.717) is 6.54 Å². The van der Waals surface area contributed by atoms with Crippen molar-refractivity contribution in [2.45, 2.75) is 20.4 Å². The maximum absolute atomic E-state index is 4.97. The smallest absolute Gasteiger partial charge is 0.133 e. The summed E-state index contributed by atoms with van der Waals surface area (Å²) in [6.07, 6.45) is 1.78. The third kappa shape index (κ3) is 2.56. The maximum Gasteiger partial charge on any atom is 0.133 e. The van der Waals surface area contributed by atoms with Crippen LogP contribution < -0.4 is 5.32 Å². The molecule has 0 fully saturated rings. The maximum atomic E-state index is 4.97.